The van der Waals surface area contributed by atoms with Crippen LogP contribution in [0.1, 0.15) is 19.4 Å². The maximum atomic E-state index is 12.2. The second-order valence-electron chi connectivity index (χ2n) is 5.10. The molecular formula is C20H23NO4. The summed E-state index contributed by atoms with van der Waals surface area (Å²) in [4.78, 5) is 12.2. The zero-order valence-corrected chi connectivity index (χ0v) is 14.7. The van der Waals surface area contributed by atoms with Gasteiger partial charge in [-0.1, -0.05) is 18.2 Å². The molecule has 1 amide bonds. The van der Waals surface area contributed by atoms with Crippen molar-refractivity contribution in [2.75, 3.05) is 25.6 Å². The monoisotopic (exact) mass is 341 g/mol. The Balaban J connectivity index is 2.08. The summed E-state index contributed by atoms with van der Waals surface area (Å²) < 4.78 is 16.3. The van der Waals surface area contributed by atoms with E-state index in [1.165, 1.54) is 6.08 Å². The smallest absolute Gasteiger partial charge is 0.248 e. The summed E-state index contributed by atoms with van der Waals surface area (Å²) in [6.07, 6.45) is 3.19. The number of hydrogen-bond donors (Lipinski definition) is 1. The molecule has 25 heavy (non-hydrogen) atoms. The Labute approximate surface area is 148 Å². The highest BCUT2D eigenvalue weighted by atomic mass is 16.5. The number of ether oxygens (including phenoxy) is 3. The van der Waals surface area contributed by atoms with Gasteiger partial charge in [-0.15, -0.1) is 0 Å². The van der Waals surface area contributed by atoms with E-state index in [1.54, 1.807) is 19.3 Å². The number of para-hydroxylation sites is 2. The molecule has 0 saturated heterocycles. The predicted octanol–water partition coefficient (Wildman–Crippen LogP) is 4.14. The van der Waals surface area contributed by atoms with Crippen LogP contribution in [-0.2, 0) is 4.79 Å². The Kier molecular flexibility index (Phi) is 6.89. The molecule has 132 valence electrons. The van der Waals surface area contributed by atoms with Gasteiger partial charge in [-0.2, -0.15) is 0 Å². The third-order valence-corrected chi connectivity index (χ3v) is 3.36. The lowest BCUT2D eigenvalue weighted by atomic mass is 10.2. The summed E-state index contributed by atoms with van der Waals surface area (Å²) in [5.74, 6) is 1.72. The normalized spacial score (nSPS) is 10.5. The van der Waals surface area contributed by atoms with Crippen LogP contribution in [-0.4, -0.2) is 26.2 Å². The first-order chi connectivity index (χ1) is 12.2. The number of nitrogens with one attached hydrogen (secondary N) is 1. The largest absolute Gasteiger partial charge is 0.493 e. The molecule has 0 aromatic heterocycles. The van der Waals surface area contributed by atoms with Crippen molar-refractivity contribution in [1.82, 2.24) is 0 Å². The SMILES string of the molecule is CCOc1ccccc1NC(=O)/C=C/c1ccc(OCC)c(OC)c1. The number of amides is 1. The highest BCUT2D eigenvalue weighted by Gasteiger charge is 2.06. The van der Waals surface area contributed by atoms with E-state index in [-0.39, 0.29) is 5.91 Å². The van der Waals surface area contributed by atoms with Crippen LogP contribution < -0.4 is 19.5 Å². The molecule has 0 aliphatic heterocycles. The topological polar surface area (TPSA) is 56.8 Å². The van der Waals surface area contributed by atoms with Gasteiger partial charge < -0.3 is 19.5 Å². The van der Waals surface area contributed by atoms with E-state index in [4.69, 9.17) is 14.2 Å². The Morgan fingerprint density at radius 1 is 1.00 bits per heavy atom. The lowest BCUT2D eigenvalue weighted by Crippen LogP contribution is -2.09. The summed E-state index contributed by atoms with van der Waals surface area (Å²) >= 11 is 0. The summed E-state index contributed by atoms with van der Waals surface area (Å²) in [5, 5.41) is 2.82. The molecule has 0 spiro atoms. The van der Waals surface area contributed by atoms with E-state index in [9.17, 15) is 4.79 Å². The van der Waals surface area contributed by atoms with Crippen molar-refractivity contribution < 1.29 is 19.0 Å². The minimum Gasteiger partial charge on any atom is -0.493 e. The molecule has 2 aromatic rings. The second-order valence-corrected chi connectivity index (χ2v) is 5.10. The molecule has 0 aliphatic carbocycles. The Morgan fingerprint density at radius 3 is 2.44 bits per heavy atom. The summed E-state index contributed by atoms with van der Waals surface area (Å²) in [6, 6.07) is 12.8. The molecule has 0 saturated carbocycles. The van der Waals surface area contributed by atoms with Crippen LogP contribution >= 0.6 is 0 Å². The van der Waals surface area contributed by atoms with Gasteiger partial charge in [0.2, 0.25) is 5.91 Å². The predicted molar refractivity (Wildman–Crippen MR) is 99.4 cm³/mol. The Morgan fingerprint density at radius 2 is 1.72 bits per heavy atom. The highest BCUT2D eigenvalue weighted by Crippen LogP contribution is 2.28. The average Bonchev–Trinajstić information content (AvgIpc) is 2.63. The molecule has 5 heteroatoms. The molecule has 0 radical (unpaired) electrons. The lowest BCUT2D eigenvalue weighted by molar-refractivity contribution is -0.111. The second kappa shape index (κ2) is 9.37. The van der Waals surface area contributed by atoms with Gasteiger partial charge in [0.15, 0.2) is 11.5 Å². The summed E-state index contributed by atoms with van der Waals surface area (Å²) in [6.45, 7) is 4.91. The minimum absolute atomic E-state index is 0.236. The number of methoxy groups -OCH3 is 1. The van der Waals surface area contributed by atoms with E-state index < -0.39 is 0 Å². The number of carbonyl (C=O) groups excluding carboxylic acids is 1. The van der Waals surface area contributed by atoms with Gasteiger partial charge in [0.1, 0.15) is 5.75 Å². The van der Waals surface area contributed by atoms with Crippen molar-refractivity contribution >= 4 is 17.7 Å². The highest BCUT2D eigenvalue weighted by molar-refractivity contribution is 6.02. The molecule has 2 rings (SSSR count). The van der Waals surface area contributed by atoms with Crippen LogP contribution in [0, 0.1) is 0 Å². The first kappa shape index (κ1) is 18.4. The summed E-state index contributed by atoms with van der Waals surface area (Å²) in [5.41, 5.74) is 1.48. The van der Waals surface area contributed by atoms with Crippen molar-refractivity contribution in [2.24, 2.45) is 0 Å². The molecule has 0 heterocycles. The van der Waals surface area contributed by atoms with E-state index in [1.807, 2.05) is 50.2 Å². The van der Waals surface area contributed by atoms with Gasteiger partial charge in [0.05, 0.1) is 26.0 Å². The van der Waals surface area contributed by atoms with E-state index in [0.29, 0.717) is 36.1 Å². The third kappa shape index (κ3) is 5.28. The van der Waals surface area contributed by atoms with Crippen LogP contribution in [0.4, 0.5) is 5.69 Å². The van der Waals surface area contributed by atoms with Gasteiger partial charge in [-0.3, -0.25) is 4.79 Å². The molecule has 0 unspecified atom stereocenters. The van der Waals surface area contributed by atoms with Crippen molar-refractivity contribution in [3.63, 3.8) is 0 Å². The standard InChI is InChI=1S/C20H23NO4/c1-4-24-17-9-7-6-8-16(17)21-20(22)13-11-15-10-12-18(25-5-2)19(14-15)23-3/h6-14H,4-5H2,1-3H3,(H,21,22)/b13-11+. The van der Waals surface area contributed by atoms with Crippen molar-refractivity contribution in [3.8, 4) is 17.2 Å². The van der Waals surface area contributed by atoms with Crippen molar-refractivity contribution in [1.29, 1.82) is 0 Å². The third-order valence-electron chi connectivity index (χ3n) is 3.36. The van der Waals surface area contributed by atoms with E-state index >= 15 is 0 Å². The first-order valence-electron chi connectivity index (χ1n) is 8.19. The number of carbonyl (C=O) groups is 1. The molecule has 5 nitrogen and oxygen atoms in total. The van der Waals surface area contributed by atoms with Crippen molar-refractivity contribution in [2.45, 2.75) is 13.8 Å². The minimum atomic E-state index is -0.236. The average molecular weight is 341 g/mol. The van der Waals surface area contributed by atoms with Gasteiger partial charge in [-0.05, 0) is 49.8 Å². The van der Waals surface area contributed by atoms with Gasteiger partial charge in [0, 0.05) is 6.08 Å². The number of hydrogen-bond acceptors (Lipinski definition) is 4. The quantitative estimate of drug-likeness (QED) is 0.733. The molecular weight excluding hydrogens is 318 g/mol. The number of benzene rings is 2. The van der Waals surface area contributed by atoms with Gasteiger partial charge in [0.25, 0.3) is 0 Å². The fraction of sp³-hybridized carbons (Fsp3) is 0.250. The Hall–Kier alpha value is -2.95. The lowest BCUT2D eigenvalue weighted by Gasteiger charge is -2.10. The molecule has 2 aromatic carbocycles. The zero-order chi connectivity index (χ0) is 18.1. The van der Waals surface area contributed by atoms with E-state index in [0.717, 1.165) is 5.56 Å². The first-order valence-corrected chi connectivity index (χ1v) is 8.19. The van der Waals surface area contributed by atoms with Gasteiger partial charge in [-0.25, -0.2) is 0 Å². The molecule has 0 aliphatic rings. The van der Waals surface area contributed by atoms with Crippen LogP contribution in [0.3, 0.4) is 0 Å². The fourth-order valence-electron chi connectivity index (χ4n) is 2.26. The maximum Gasteiger partial charge on any atom is 0.248 e. The Bertz CT molecular complexity index is 740. The zero-order valence-electron chi connectivity index (χ0n) is 14.7. The number of anilines is 1. The van der Waals surface area contributed by atoms with Crippen molar-refractivity contribution in [3.05, 3.63) is 54.1 Å². The molecule has 0 fully saturated rings. The number of rotatable bonds is 8. The van der Waals surface area contributed by atoms with Crippen LogP contribution in [0.25, 0.3) is 6.08 Å². The maximum absolute atomic E-state index is 12.2. The summed E-state index contributed by atoms with van der Waals surface area (Å²) in [7, 11) is 1.59. The van der Waals surface area contributed by atoms with E-state index in [2.05, 4.69) is 5.32 Å². The van der Waals surface area contributed by atoms with Gasteiger partial charge >= 0.3 is 0 Å². The fourth-order valence-corrected chi connectivity index (χ4v) is 2.26. The van der Waals surface area contributed by atoms with Crippen LogP contribution in [0.5, 0.6) is 17.2 Å². The van der Waals surface area contributed by atoms with Crippen LogP contribution in [0.15, 0.2) is 48.5 Å². The molecule has 0 atom stereocenters. The van der Waals surface area contributed by atoms with Crippen LogP contribution in [0.2, 0.25) is 0 Å². The molecule has 0 bridgehead atoms. The molecule has 1 N–H and O–H groups in total.